The van der Waals surface area contributed by atoms with Gasteiger partial charge in [-0.2, -0.15) is 5.10 Å². The van der Waals surface area contributed by atoms with Gasteiger partial charge in [-0.3, -0.25) is 4.79 Å². The van der Waals surface area contributed by atoms with E-state index in [4.69, 9.17) is 0 Å². The highest BCUT2D eigenvalue weighted by atomic mass is 16.2. The minimum Gasteiger partial charge on any atom is -0.267 e. The average Bonchev–Trinajstić information content (AvgIpc) is 2.41. The molecule has 0 aliphatic carbocycles. The van der Waals surface area contributed by atoms with Crippen molar-refractivity contribution in [1.82, 2.24) is 5.43 Å². The molecule has 1 amide bonds. The molecule has 0 aliphatic rings. The monoisotopic (exact) mass is 252 g/mol. The van der Waals surface area contributed by atoms with Crippen LogP contribution in [-0.4, -0.2) is 12.1 Å². The van der Waals surface area contributed by atoms with Gasteiger partial charge in [-0.1, -0.05) is 48.0 Å². The Morgan fingerprint density at radius 1 is 1.05 bits per heavy atom. The summed E-state index contributed by atoms with van der Waals surface area (Å²) in [4.78, 5) is 11.9. The van der Waals surface area contributed by atoms with Crippen LogP contribution < -0.4 is 5.43 Å². The van der Waals surface area contributed by atoms with Crippen LogP contribution in [0, 0.1) is 13.8 Å². The molecule has 96 valence electrons. The van der Waals surface area contributed by atoms with Crippen LogP contribution in [0.1, 0.15) is 27.0 Å². The molecule has 2 rings (SSSR count). The topological polar surface area (TPSA) is 41.5 Å². The average molecular weight is 252 g/mol. The lowest BCUT2D eigenvalue weighted by molar-refractivity contribution is 0.0954. The Morgan fingerprint density at radius 2 is 1.74 bits per heavy atom. The predicted octanol–water partition coefficient (Wildman–Crippen LogP) is 3.07. The van der Waals surface area contributed by atoms with E-state index in [1.54, 1.807) is 12.3 Å². The molecule has 0 aliphatic heterocycles. The maximum Gasteiger partial charge on any atom is 0.271 e. The summed E-state index contributed by atoms with van der Waals surface area (Å²) in [6.07, 6.45) is 1.63. The van der Waals surface area contributed by atoms with Crippen molar-refractivity contribution in [2.24, 2.45) is 5.10 Å². The fourth-order valence-electron chi connectivity index (χ4n) is 1.71. The molecular formula is C16H16N2O. The van der Waals surface area contributed by atoms with Gasteiger partial charge in [0.15, 0.2) is 0 Å². The molecule has 0 fully saturated rings. The van der Waals surface area contributed by atoms with Crippen molar-refractivity contribution in [2.45, 2.75) is 13.8 Å². The lowest BCUT2D eigenvalue weighted by Crippen LogP contribution is -2.18. The Balaban J connectivity index is 2.01. The summed E-state index contributed by atoms with van der Waals surface area (Å²) in [7, 11) is 0. The second-order valence-corrected chi connectivity index (χ2v) is 4.42. The first-order valence-corrected chi connectivity index (χ1v) is 6.12. The van der Waals surface area contributed by atoms with Crippen LogP contribution in [0.4, 0.5) is 0 Å². The number of carbonyl (C=O) groups is 1. The molecule has 3 heteroatoms. The van der Waals surface area contributed by atoms with E-state index in [9.17, 15) is 4.79 Å². The van der Waals surface area contributed by atoms with E-state index in [1.807, 2.05) is 56.3 Å². The van der Waals surface area contributed by atoms with Crippen molar-refractivity contribution in [3.05, 3.63) is 70.8 Å². The first-order valence-electron chi connectivity index (χ1n) is 6.12. The van der Waals surface area contributed by atoms with E-state index < -0.39 is 0 Å². The Labute approximate surface area is 113 Å². The molecular weight excluding hydrogens is 236 g/mol. The fourth-order valence-corrected chi connectivity index (χ4v) is 1.71. The van der Waals surface area contributed by atoms with Gasteiger partial charge in [-0.25, -0.2) is 5.43 Å². The van der Waals surface area contributed by atoms with E-state index in [2.05, 4.69) is 10.5 Å². The number of nitrogens with one attached hydrogen (secondary N) is 1. The molecule has 2 aromatic carbocycles. The van der Waals surface area contributed by atoms with E-state index in [0.717, 1.165) is 11.1 Å². The van der Waals surface area contributed by atoms with Gasteiger partial charge in [0.2, 0.25) is 0 Å². The third kappa shape index (κ3) is 3.52. The number of hydrazone groups is 1. The molecule has 19 heavy (non-hydrogen) atoms. The summed E-state index contributed by atoms with van der Waals surface area (Å²) in [6.45, 7) is 3.93. The standard InChI is InChI=1S/C16H16N2O/c1-12-7-9-14(10-8-12)11-17-18-16(19)15-6-4-3-5-13(15)2/h3-11H,1-2H3,(H,18,19)/b17-11+. The van der Waals surface area contributed by atoms with Gasteiger partial charge in [0.05, 0.1) is 6.21 Å². The smallest absolute Gasteiger partial charge is 0.267 e. The zero-order chi connectivity index (χ0) is 13.7. The summed E-state index contributed by atoms with van der Waals surface area (Å²) < 4.78 is 0. The first-order chi connectivity index (χ1) is 9.16. The molecule has 0 spiro atoms. The summed E-state index contributed by atoms with van der Waals surface area (Å²) in [6, 6.07) is 15.4. The third-order valence-electron chi connectivity index (χ3n) is 2.85. The Kier molecular flexibility index (Phi) is 4.08. The summed E-state index contributed by atoms with van der Waals surface area (Å²) in [5.74, 6) is -0.193. The van der Waals surface area contributed by atoms with E-state index in [0.29, 0.717) is 5.56 Å². The number of benzene rings is 2. The summed E-state index contributed by atoms with van der Waals surface area (Å²) in [5, 5.41) is 3.96. The lowest BCUT2D eigenvalue weighted by Gasteiger charge is -2.02. The highest BCUT2D eigenvalue weighted by molar-refractivity contribution is 5.96. The largest absolute Gasteiger partial charge is 0.271 e. The van der Waals surface area contributed by atoms with Crippen LogP contribution in [0.3, 0.4) is 0 Å². The maximum atomic E-state index is 11.9. The minimum absolute atomic E-state index is 0.193. The van der Waals surface area contributed by atoms with Crippen LogP contribution in [0.5, 0.6) is 0 Å². The zero-order valence-electron chi connectivity index (χ0n) is 11.1. The maximum absolute atomic E-state index is 11.9. The van der Waals surface area contributed by atoms with Crippen molar-refractivity contribution >= 4 is 12.1 Å². The second-order valence-electron chi connectivity index (χ2n) is 4.42. The molecule has 3 nitrogen and oxygen atoms in total. The highest BCUT2D eigenvalue weighted by Gasteiger charge is 2.05. The van der Waals surface area contributed by atoms with Crippen LogP contribution >= 0.6 is 0 Å². The Bertz CT molecular complexity index is 600. The third-order valence-corrected chi connectivity index (χ3v) is 2.85. The molecule has 0 saturated carbocycles. The van der Waals surface area contributed by atoms with Crippen molar-refractivity contribution in [2.75, 3.05) is 0 Å². The molecule has 0 atom stereocenters. The number of hydrogen-bond donors (Lipinski definition) is 1. The quantitative estimate of drug-likeness (QED) is 0.662. The molecule has 1 N–H and O–H groups in total. The zero-order valence-corrected chi connectivity index (χ0v) is 11.1. The van der Waals surface area contributed by atoms with Crippen molar-refractivity contribution in [3.8, 4) is 0 Å². The van der Waals surface area contributed by atoms with Gasteiger partial charge in [-0.05, 0) is 31.0 Å². The van der Waals surface area contributed by atoms with E-state index >= 15 is 0 Å². The molecule has 0 unspecified atom stereocenters. The molecule has 0 heterocycles. The van der Waals surface area contributed by atoms with Gasteiger partial charge in [-0.15, -0.1) is 0 Å². The normalized spacial score (nSPS) is 10.6. The SMILES string of the molecule is Cc1ccc(/C=N/NC(=O)c2ccccc2C)cc1. The molecule has 0 saturated heterocycles. The number of nitrogens with zero attached hydrogens (tertiary/aromatic N) is 1. The van der Waals surface area contributed by atoms with Crippen molar-refractivity contribution in [1.29, 1.82) is 0 Å². The van der Waals surface area contributed by atoms with Crippen molar-refractivity contribution in [3.63, 3.8) is 0 Å². The first kappa shape index (κ1) is 13.0. The Hall–Kier alpha value is -2.42. The van der Waals surface area contributed by atoms with Gasteiger partial charge in [0.25, 0.3) is 5.91 Å². The fraction of sp³-hybridized carbons (Fsp3) is 0.125. The lowest BCUT2D eigenvalue weighted by atomic mass is 10.1. The van der Waals surface area contributed by atoms with Gasteiger partial charge in [0, 0.05) is 5.56 Å². The molecule has 0 aromatic heterocycles. The predicted molar refractivity (Wildman–Crippen MR) is 77.4 cm³/mol. The van der Waals surface area contributed by atoms with Crippen LogP contribution in [0.2, 0.25) is 0 Å². The van der Waals surface area contributed by atoms with Gasteiger partial charge in [0.1, 0.15) is 0 Å². The highest BCUT2D eigenvalue weighted by Crippen LogP contribution is 2.06. The number of amides is 1. The van der Waals surface area contributed by atoms with Crippen LogP contribution in [-0.2, 0) is 0 Å². The second kappa shape index (κ2) is 5.96. The molecule has 2 aromatic rings. The van der Waals surface area contributed by atoms with Crippen molar-refractivity contribution < 1.29 is 4.79 Å². The van der Waals surface area contributed by atoms with E-state index in [-0.39, 0.29) is 5.91 Å². The van der Waals surface area contributed by atoms with Crippen LogP contribution in [0.15, 0.2) is 53.6 Å². The Morgan fingerprint density at radius 3 is 2.42 bits per heavy atom. The number of hydrogen-bond acceptors (Lipinski definition) is 2. The number of rotatable bonds is 3. The van der Waals surface area contributed by atoms with Crippen LogP contribution in [0.25, 0.3) is 0 Å². The van der Waals surface area contributed by atoms with Gasteiger partial charge < -0.3 is 0 Å². The van der Waals surface area contributed by atoms with Gasteiger partial charge >= 0.3 is 0 Å². The molecule has 0 radical (unpaired) electrons. The summed E-state index contributed by atoms with van der Waals surface area (Å²) in [5.41, 5.74) is 6.26. The number of aryl methyl sites for hydroxylation is 2. The summed E-state index contributed by atoms with van der Waals surface area (Å²) >= 11 is 0. The minimum atomic E-state index is -0.193. The molecule has 0 bridgehead atoms. The number of carbonyl (C=O) groups excluding carboxylic acids is 1. The van der Waals surface area contributed by atoms with E-state index in [1.165, 1.54) is 5.56 Å².